The molecule has 0 aliphatic heterocycles. The second-order valence-corrected chi connectivity index (χ2v) is 3.24. The summed E-state index contributed by atoms with van der Waals surface area (Å²) in [5, 5.41) is 18.8. The van der Waals surface area contributed by atoms with Gasteiger partial charge in [0, 0.05) is 0 Å². The fraction of sp³-hybridized carbons (Fsp3) is 0.778. The van der Waals surface area contributed by atoms with Gasteiger partial charge in [0.25, 0.3) is 0 Å². The molecule has 0 amide bonds. The van der Waals surface area contributed by atoms with Crippen molar-refractivity contribution < 1.29 is 10.2 Å². The first-order valence-corrected chi connectivity index (χ1v) is 4.26. The molecule has 1 rings (SSSR count). The summed E-state index contributed by atoms with van der Waals surface area (Å²) in [7, 11) is 0. The third-order valence-corrected chi connectivity index (χ3v) is 2.31. The van der Waals surface area contributed by atoms with E-state index in [4.69, 9.17) is 0 Å². The van der Waals surface area contributed by atoms with Gasteiger partial charge in [-0.25, -0.2) is 0 Å². The molecule has 1 saturated carbocycles. The number of hydrogen-bond donors (Lipinski definition) is 2. The third-order valence-electron chi connectivity index (χ3n) is 2.31. The second kappa shape index (κ2) is 3.88. The minimum absolute atomic E-state index is 0.481. The molecule has 2 heteroatoms. The predicted molar refractivity (Wildman–Crippen MR) is 44.2 cm³/mol. The van der Waals surface area contributed by atoms with Crippen LogP contribution in [0.25, 0.3) is 0 Å². The average Bonchev–Trinajstić information content (AvgIpc) is 2.00. The molecule has 0 spiro atoms. The SMILES string of the molecule is C=C1C(O)CCCCCC1O. The maximum atomic E-state index is 9.39. The van der Waals surface area contributed by atoms with Gasteiger partial charge in [0.2, 0.25) is 0 Å². The summed E-state index contributed by atoms with van der Waals surface area (Å²) in [6, 6.07) is 0. The number of aliphatic hydroxyl groups is 2. The number of aliphatic hydroxyl groups excluding tert-OH is 2. The fourth-order valence-electron chi connectivity index (χ4n) is 1.45. The van der Waals surface area contributed by atoms with E-state index in [0.717, 1.165) is 32.1 Å². The van der Waals surface area contributed by atoms with Gasteiger partial charge in [0.05, 0.1) is 12.2 Å². The third kappa shape index (κ3) is 2.31. The largest absolute Gasteiger partial charge is 0.389 e. The lowest BCUT2D eigenvalue weighted by molar-refractivity contribution is 0.121. The first kappa shape index (κ1) is 8.75. The van der Waals surface area contributed by atoms with E-state index < -0.39 is 12.2 Å². The van der Waals surface area contributed by atoms with Gasteiger partial charge in [-0.1, -0.05) is 25.8 Å². The summed E-state index contributed by atoms with van der Waals surface area (Å²) in [5.41, 5.74) is 0.602. The Hall–Kier alpha value is -0.340. The molecule has 0 bridgehead atoms. The van der Waals surface area contributed by atoms with E-state index in [1.165, 1.54) is 0 Å². The van der Waals surface area contributed by atoms with Crippen molar-refractivity contribution in [1.82, 2.24) is 0 Å². The normalized spacial score (nSPS) is 34.5. The Kier molecular flexibility index (Phi) is 3.09. The Bertz CT molecular complexity index is 128. The zero-order valence-electron chi connectivity index (χ0n) is 6.79. The molecule has 0 radical (unpaired) electrons. The van der Waals surface area contributed by atoms with Gasteiger partial charge in [-0.15, -0.1) is 0 Å². The van der Waals surface area contributed by atoms with Gasteiger partial charge in [0.1, 0.15) is 0 Å². The predicted octanol–water partition coefficient (Wildman–Crippen LogP) is 1.23. The fourth-order valence-corrected chi connectivity index (χ4v) is 1.45. The van der Waals surface area contributed by atoms with E-state index >= 15 is 0 Å². The molecule has 0 heterocycles. The topological polar surface area (TPSA) is 40.5 Å². The minimum atomic E-state index is -0.481. The minimum Gasteiger partial charge on any atom is -0.389 e. The maximum Gasteiger partial charge on any atom is 0.0772 e. The summed E-state index contributed by atoms with van der Waals surface area (Å²) in [6.07, 6.45) is 3.77. The summed E-state index contributed by atoms with van der Waals surface area (Å²) < 4.78 is 0. The van der Waals surface area contributed by atoms with Crippen LogP contribution in [0.1, 0.15) is 32.1 Å². The summed E-state index contributed by atoms with van der Waals surface area (Å²) in [5.74, 6) is 0. The van der Waals surface area contributed by atoms with Crippen LogP contribution in [0.3, 0.4) is 0 Å². The Morgan fingerprint density at radius 1 is 1.00 bits per heavy atom. The molecule has 2 nitrogen and oxygen atoms in total. The van der Waals surface area contributed by atoms with Gasteiger partial charge >= 0.3 is 0 Å². The molecular weight excluding hydrogens is 140 g/mol. The van der Waals surface area contributed by atoms with Crippen LogP contribution < -0.4 is 0 Å². The first-order chi connectivity index (χ1) is 5.22. The van der Waals surface area contributed by atoms with Crippen LogP contribution in [0.2, 0.25) is 0 Å². The van der Waals surface area contributed by atoms with Crippen LogP contribution in [0.15, 0.2) is 12.2 Å². The monoisotopic (exact) mass is 156 g/mol. The van der Waals surface area contributed by atoms with E-state index in [0.29, 0.717) is 5.57 Å². The lowest BCUT2D eigenvalue weighted by atomic mass is 9.93. The summed E-state index contributed by atoms with van der Waals surface area (Å²) >= 11 is 0. The standard InChI is InChI=1S/C9H16O2/c1-7-8(10)5-3-2-4-6-9(7)11/h8-11H,1-6H2. The van der Waals surface area contributed by atoms with Crippen molar-refractivity contribution >= 4 is 0 Å². The molecule has 1 aliphatic carbocycles. The molecule has 0 aromatic rings. The molecule has 1 fully saturated rings. The van der Waals surface area contributed by atoms with Crippen molar-refractivity contribution in [2.45, 2.75) is 44.3 Å². The van der Waals surface area contributed by atoms with Gasteiger partial charge < -0.3 is 10.2 Å². The van der Waals surface area contributed by atoms with Gasteiger partial charge in [-0.2, -0.15) is 0 Å². The molecule has 1 aliphatic rings. The van der Waals surface area contributed by atoms with Crippen LogP contribution >= 0.6 is 0 Å². The first-order valence-electron chi connectivity index (χ1n) is 4.26. The van der Waals surface area contributed by atoms with E-state index in [1.54, 1.807) is 0 Å². The average molecular weight is 156 g/mol. The zero-order chi connectivity index (χ0) is 8.27. The van der Waals surface area contributed by atoms with Crippen LogP contribution in [-0.4, -0.2) is 22.4 Å². The van der Waals surface area contributed by atoms with Crippen LogP contribution in [0.4, 0.5) is 0 Å². The van der Waals surface area contributed by atoms with Crippen molar-refractivity contribution in [3.63, 3.8) is 0 Å². The van der Waals surface area contributed by atoms with Gasteiger partial charge in [0.15, 0.2) is 0 Å². The molecular formula is C9H16O2. The smallest absolute Gasteiger partial charge is 0.0772 e. The Morgan fingerprint density at radius 2 is 1.45 bits per heavy atom. The Morgan fingerprint density at radius 3 is 1.91 bits per heavy atom. The highest BCUT2D eigenvalue weighted by atomic mass is 16.3. The molecule has 11 heavy (non-hydrogen) atoms. The summed E-state index contributed by atoms with van der Waals surface area (Å²) in [6.45, 7) is 3.68. The lowest BCUT2D eigenvalue weighted by Gasteiger charge is -2.21. The molecule has 0 saturated heterocycles. The second-order valence-electron chi connectivity index (χ2n) is 3.24. The van der Waals surface area contributed by atoms with Crippen molar-refractivity contribution in [2.75, 3.05) is 0 Å². The molecule has 2 atom stereocenters. The van der Waals surface area contributed by atoms with Crippen LogP contribution in [0.5, 0.6) is 0 Å². The van der Waals surface area contributed by atoms with Crippen molar-refractivity contribution in [2.24, 2.45) is 0 Å². The van der Waals surface area contributed by atoms with Gasteiger partial charge in [-0.3, -0.25) is 0 Å². The van der Waals surface area contributed by atoms with Crippen molar-refractivity contribution in [3.8, 4) is 0 Å². The van der Waals surface area contributed by atoms with Gasteiger partial charge in [-0.05, 0) is 18.4 Å². The van der Waals surface area contributed by atoms with E-state index in [9.17, 15) is 10.2 Å². The number of rotatable bonds is 0. The molecule has 2 unspecified atom stereocenters. The van der Waals surface area contributed by atoms with Crippen LogP contribution in [-0.2, 0) is 0 Å². The Labute approximate surface area is 67.6 Å². The maximum absolute atomic E-state index is 9.39. The molecule has 2 N–H and O–H groups in total. The highest BCUT2D eigenvalue weighted by Crippen LogP contribution is 2.20. The molecule has 0 aromatic heterocycles. The zero-order valence-corrected chi connectivity index (χ0v) is 6.79. The highest BCUT2D eigenvalue weighted by molar-refractivity contribution is 5.08. The van der Waals surface area contributed by atoms with Crippen molar-refractivity contribution in [3.05, 3.63) is 12.2 Å². The Balaban J connectivity index is 2.49. The highest BCUT2D eigenvalue weighted by Gasteiger charge is 2.18. The van der Waals surface area contributed by atoms with E-state index in [2.05, 4.69) is 6.58 Å². The van der Waals surface area contributed by atoms with E-state index in [-0.39, 0.29) is 0 Å². The number of hydrogen-bond acceptors (Lipinski definition) is 2. The van der Waals surface area contributed by atoms with Crippen molar-refractivity contribution in [1.29, 1.82) is 0 Å². The van der Waals surface area contributed by atoms with Crippen LogP contribution in [0, 0.1) is 0 Å². The summed E-state index contributed by atoms with van der Waals surface area (Å²) in [4.78, 5) is 0. The van der Waals surface area contributed by atoms with E-state index in [1.807, 2.05) is 0 Å². The molecule has 64 valence electrons. The molecule has 0 aromatic carbocycles. The quantitative estimate of drug-likeness (QED) is 0.518. The lowest BCUT2D eigenvalue weighted by Crippen LogP contribution is -2.22.